The number of amides is 2. The van der Waals surface area contributed by atoms with E-state index in [4.69, 9.17) is 28.4 Å². The second-order valence-electron chi connectivity index (χ2n) is 24.7. The fraction of sp³-hybridized carbons (Fsp3) is 0.892. The number of allylic oxidation sites excluding steroid dienone is 3. The molecule has 0 aliphatic carbocycles. The monoisotopic (exact) mass is 1260 g/mol. The zero-order valence-corrected chi connectivity index (χ0v) is 53.3. The van der Waals surface area contributed by atoms with Gasteiger partial charge in [-0.05, 0) is 44.9 Å². The summed E-state index contributed by atoms with van der Waals surface area (Å²) >= 11 is 0. The van der Waals surface area contributed by atoms with Crippen LogP contribution < -0.4 is 10.6 Å². The first kappa shape index (κ1) is 79.4. The Morgan fingerprint density at radius 3 is 1.55 bits per heavy atom. The normalized spacial score (nSPS) is 29.1. The number of aliphatic hydroxyl groups excluding tert-OH is 11. The zero-order chi connectivity index (χ0) is 64.7. The van der Waals surface area contributed by atoms with Crippen LogP contribution in [0.5, 0.6) is 0 Å². The van der Waals surface area contributed by atoms with E-state index in [2.05, 4.69) is 36.6 Å². The maximum atomic E-state index is 13.4. The molecule has 0 spiro atoms. The van der Waals surface area contributed by atoms with E-state index in [0.717, 1.165) is 71.1 Å². The minimum atomic E-state index is -3.08. The van der Waals surface area contributed by atoms with Crippen LogP contribution in [0.2, 0.25) is 0 Å². The molecule has 3 rings (SSSR count). The van der Waals surface area contributed by atoms with Crippen LogP contribution in [0.4, 0.5) is 0 Å². The largest absolute Gasteiger partial charge is 0.477 e. The first-order chi connectivity index (χ1) is 42.4. The Kier molecular flexibility index (Phi) is 41.8. The van der Waals surface area contributed by atoms with Crippen molar-refractivity contribution in [1.82, 2.24) is 10.6 Å². The van der Waals surface area contributed by atoms with Crippen molar-refractivity contribution in [1.29, 1.82) is 0 Å². The van der Waals surface area contributed by atoms with E-state index in [1.807, 2.05) is 6.08 Å². The average molecular weight is 1260 g/mol. The number of hydrogen-bond acceptors (Lipinski definition) is 20. The number of rotatable bonds is 50. The molecule has 0 radical (unpaired) electrons. The molecule has 514 valence electrons. The number of ether oxygens (including phenoxy) is 6. The summed E-state index contributed by atoms with van der Waals surface area (Å²) in [4.78, 5) is 38.4. The maximum Gasteiger partial charge on any atom is 0.364 e. The van der Waals surface area contributed by atoms with Crippen molar-refractivity contribution in [3.63, 3.8) is 0 Å². The van der Waals surface area contributed by atoms with Gasteiger partial charge in [0, 0.05) is 19.8 Å². The highest BCUT2D eigenvalue weighted by atomic mass is 16.8. The summed E-state index contributed by atoms with van der Waals surface area (Å²) in [6.45, 7) is 2.08. The van der Waals surface area contributed by atoms with Crippen LogP contribution in [0.3, 0.4) is 0 Å². The third kappa shape index (κ3) is 29.0. The molecule has 0 bridgehead atoms. The van der Waals surface area contributed by atoms with Crippen molar-refractivity contribution in [2.45, 2.75) is 342 Å². The molecule has 0 saturated carbocycles. The van der Waals surface area contributed by atoms with E-state index in [1.54, 1.807) is 6.08 Å². The van der Waals surface area contributed by atoms with Gasteiger partial charge < -0.3 is 100 Å². The molecule has 3 aliphatic rings. The van der Waals surface area contributed by atoms with Crippen molar-refractivity contribution in [2.75, 3.05) is 26.4 Å². The van der Waals surface area contributed by atoms with Gasteiger partial charge in [-0.1, -0.05) is 192 Å². The van der Waals surface area contributed by atoms with Gasteiger partial charge in [-0.3, -0.25) is 9.59 Å². The zero-order valence-electron chi connectivity index (χ0n) is 53.3. The predicted molar refractivity (Wildman–Crippen MR) is 329 cm³/mol. The van der Waals surface area contributed by atoms with Crippen LogP contribution in [0.25, 0.3) is 0 Å². The second-order valence-corrected chi connectivity index (χ2v) is 24.7. The summed E-state index contributed by atoms with van der Waals surface area (Å²) in [6.07, 6.45) is 15.5. The Morgan fingerprint density at radius 2 is 1.07 bits per heavy atom. The fourth-order valence-electron chi connectivity index (χ4n) is 11.7. The molecule has 88 heavy (non-hydrogen) atoms. The second kappa shape index (κ2) is 46.3. The number of carbonyl (C=O) groups is 3. The molecule has 3 saturated heterocycles. The van der Waals surface area contributed by atoms with Gasteiger partial charge in [0.1, 0.15) is 67.1 Å². The summed E-state index contributed by atoms with van der Waals surface area (Å²) in [7, 11) is 0. The Labute approximate surface area is 523 Å². The molecule has 18 atom stereocenters. The number of nitrogens with one attached hydrogen (secondary N) is 2. The summed E-state index contributed by atoms with van der Waals surface area (Å²) in [5.41, 5.74) is 0. The highest BCUT2D eigenvalue weighted by Gasteiger charge is 2.60. The van der Waals surface area contributed by atoms with Crippen molar-refractivity contribution in [2.24, 2.45) is 0 Å². The van der Waals surface area contributed by atoms with E-state index in [-0.39, 0.29) is 12.3 Å². The number of aliphatic hydroxyl groups is 11. The molecule has 2 amide bonds. The molecular formula is C65H118N2O21. The number of carboxylic acid groups (broad SMARTS) is 1. The van der Waals surface area contributed by atoms with Crippen LogP contribution in [0, 0.1) is 0 Å². The van der Waals surface area contributed by atoms with Gasteiger partial charge in [0.25, 0.3) is 5.79 Å². The molecule has 0 aromatic rings. The van der Waals surface area contributed by atoms with Crippen LogP contribution in [0.15, 0.2) is 24.3 Å². The summed E-state index contributed by atoms with van der Waals surface area (Å²) in [5, 5.41) is 135. The van der Waals surface area contributed by atoms with Gasteiger partial charge in [0.15, 0.2) is 12.6 Å². The number of carboxylic acids is 1. The standard InChI is InChI=1S/C65H118N2O21/c1-4-6-8-10-12-14-15-16-17-18-19-20-21-22-23-24-25-26-27-28-29-31-33-35-37-39-52(75)67-46(47(72)38-36-34-32-30-13-11-9-7-5-2)44-83-62-57(79)56(78)59(51(43-70)85-62)86-63-58(80)61(55(77)50(42-69)84-63)88-65(64(81)82)40-48(73)53(66-45(3)71)60(87-65)54(76)49(74)41-68/h22-23,36,38,46-51,53-63,68-70,72-74,76-80H,4-21,24-35,37,39-44H2,1-3H3,(H,66,71)(H,67,75)(H,81,82)/b23-22-,38-36+. The number of aliphatic carboxylic acids is 1. The van der Waals surface area contributed by atoms with Crippen molar-refractivity contribution >= 4 is 17.8 Å². The van der Waals surface area contributed by atoms with Gasteiger partial charge in [0.2, 0.25) is 11.8 Å². The quantitative estimate of drug-likeness (QED) is 0.0272. The first-order valence-electron chi connectivity index (χ1n) is 33.7. The smallest absolute Gasteiger partial charge is 0.364 e. The Bertz CT molecular complexity index is 1890. The molecule has 3 heterocycles. The molecule has 23 nitrogen and oxygen atoms in total. The Morgan fingerprint density at radius 1 is 0.591 bits per heavy atom. The molecule has 3 aliphatic heterocycles. The van der Waals surface area contributed by atoms with E-state index < -0.39 is 155 Å². The molecule has 0 aromatic carbocycles. The number of carbonyl (C=O) groups excluding carboxylic acids is 2. The first-order valence-corrected chi connectivity index (χ1v) is 33.7. The summed E-state index contributed by atoms with van der Waals surface area (Å²) < 4.78 is 34.7. The fourth-order valence-corrected chi connectivity index (χ4v) is 11.7. The van der Waals surface area contributed by atoms with Crippen molar-refractivity contribution in [3.8, 4) is 0 Å². The highest BCUT2D eigenvalue weighted by molar-refractivity contribution is 5.77. The number of unbranched alkanes of at least 4 members (excludes halogenated alkanes) is 28. The topological polar surface area (TPSA) is 373 Å². The van der Waals surface area contributed by atoms with Crippen molar-refractivity contribution < 1.29 is 104 Å². The summed E-state index contributed by atoms with van der Waals surface area (Å²) in [5.74, 6) is -6.15. The van der Waals surface area contributed by atoms with Crippen LogP contribution in [0.1, 0.15) is 233 Å². The maximum absolute atomic E-state index is 13.4. The lowest BCUT2D eigenvalue weighted by Gasteiger charge is -2.50. The minimum absolute atomic E-state index is 0.198. The minimum Gasteiger partial charge on any atom is -0.477 e. The third-order valence-electron chi connectivity index (χ3n) is 17.1. The molecule has 23 heteroatoms. The van der Waals surface area contributed by atoms with Gasteiger partial charge in [-0.25, -0.2) is 4.79 Å². The van der Waals surface area contributed by atoms with Crippen molar-refractivity contribution in [3.05, 3.63) is 24.3 Å². The molecule has 14 N–H and O–H groups in total. The summed E-state index contributed by atoms with van der Waals surface area (Å²) in [6, 6.07) is -2.62. The van der Waals surface area contributed by atoms with E-state index in [1.165, 1.54) is 122 Å². The predicted octanol–water partition coefficient (Wildman–Crippen LogP) is 5.28. The van der Waals surface area contributed by atoms with Gasteiger partial charge in [-0.15, -0.1) is 0 Å². The lowest BCUT2D eigenvalue weighted by Crippen LogP contribution is -2.70. The highest BCUT2D eigenvalue weighted by Crippen LogP contribution is 2.39. The molecule has 3 fully saturated rings. The lowest BCUT2D eigenvalue weighted by atomic mass is 9.88. The molecule has 0 aromatic heterocycles. The average Bonchev–Trinajstić information content (AvgIpc) is 0.826. The van der Waals surface area contributed by atoms with Gasteiger partial charge >= 0.3 is 5.97 Å². The Balaban J connectivity index is 1.54. The SMILES string of the molecule is CCCCCCCCC/C=C/C(O)C(COC1OC(CO)C(OC2OC(CO)C(O)C(OC3(C(=O)O)CC(O)C(NC(C)=O)C(C(O)C(O)CO)O3)C2O)C(O)C1O)NC(=O)CCCCCCCCCCC/C=C\CCCCCCCCCCCCCC. The molecule has 18 unspecified atom stereocenters. The van der Waals surface area contributed by atoms with E-state index in [0.29, 0.717) is 12.8 Å². The van der Waals surface area contributed by atoms with E-state index in [9.17, 15) is 75.7 Å². The van der Waals surface area contributed by atoms with Crippen LogP contribution in [-0.2, 0) is 42.8 Å². The van der Waals surface area contributed by atoms with Crippen LogP contribution in [-0.4, -0.2) is 215 Å². The lowest BCUT2D eigenvalue weighted by molar-refractivity contribution is -0.386. The van der Waals surface area contributed by atoms with E-state index >= 15 is 0 Å². The molecular weight excluding hydrogens is 1140 g/mol. The van der Waals surface area contributed by atoms with Crippen LogP contribution >= 0.6 is 0 Å². The van der Waals surface area contributed by atoms with Gasteiger partial charge in [0.05, 0.1) is 50.7 Å². The number of hydrogen-bond donors (Lipinski definition) is 14. The van der Waals surface area contributed by atoms with Gasteiger partial charge in [-0.2, -0.15) is 0 Å². The Hall–Kier alpha value is -2.79. The third-order valence-corrected chi connectivity index (χ3v) is 17.1.